The Labute approximate surface area is 312 Å². The van der Waals surface area contributed by atoms with E-state index in [1.165, 1.54) is 24.3 Å². The number of esters is 7. The van der Waals surface area contributed by atoms with Gasteiger partial charge in [0, 0.05) is 48.5 Å². The smallest absolute Gasteiger partial charge is 0.303 e. The number of fused-ring (bicyclic) bond motifs is 1. The van der Waals surface area contributed by atoms with E-state index in [2.05, 4.69) is 0 Å². The standard InChI is InChI=1S/C34H39NO20/c1-14(36)45-12-23-25(47-16(3)38)27(48-17(4)39)29(50-19(6)41)33(52-23)54-26-24(13-46-15(2)37)53-34(30(51-20(7)42)28(26)49-18(5)40)55-35-31(43)21-10-8-9-11-22(21)32(35)44/h8-11,23-30,33-34H,12-13H2,1-7H3/t23-,24-,25+,26-,27+,28+,29-,30-,33+,34-/m1/s1. The maximum Gasteiger partial charge on any atom is 0.303 e. The molecule has 10 atom stereocenters. The van der Waals surface area contributed by atoms with Gasteiger partial charge in [-0.15, -0.1) is 5.06 Å². The van der Waals surface area contributed by atoms with Crippen molar-refractivity contribution in [3.63, 3.8) is 0 Å². The minimum Gasteiger partial charge on any atom is -0.463 e. The van der Waals surface area contributed by atoms with Crippen LogP contribution >= 0.6 is 0 Å². The first-order valence-corrected chi connectivity index (χ1v) is 16.6. The monoisotopic (exact) mass is 781 g/mol. The van der Waals surface area contributed by atoms with Crippen LogP contribution in [0.1, 0.15) is 69.2 Å². The Morgan fingerprint density at radius 1 is 0.509 bits per heavy atom. The molecule has 0 aromatic heterocycles. The van der Waals surface area contributed by atoms with Crippen molar-refractivity contribution in [3.05, 3.63) is 35.4 Å². The van der Waals surface area contributed by atoms with Crippen LogP contribution in [0.15, 0.2) is 24.3 Å². The van der Waals surface area contributed by atoms with Crippen molar-refractivity contribution < 1.29 is 95.4 Å². The lowest BCUT2D eigenvalue weighted by Gasteiger charge is -2.48. The quantitative estimate of drug-likeness (QED) is 0.143. The van der Waals surface area contributed by atoms with Crippen LogP contribution in [0.2, 0.25) is 0 Å². The summed E-state index contributed by atoms with van der Waals surface area (Å²) >= 11 is 0. The van der Waals surface area contributed by atoms with Gasteiger partial charge in [-0.25, -0.2) is 4.84 Å². The lowest BCUT2D eigenvalue weighted by molar-refractivity contribution is -0.374. The third kappa shape index (κ3) is 10.6. The number of carbonyl (C=O) groups excluding carboxylic acids is 9. The average Bonchev–Trinajstić information content (AvgIpc) is 3.31. The Morgan fingerprint density at radius 3 is 1.31 bits per heavy atom. The number of carbonyl (C=O) groups is 9. The molecule has 0 N–H and O–H groups in total. The van der Waals surface area contributed by atoms with Crippen LogP contribution in [0.25, 0.3) is 0 Å². The van der Waals surface area contributed by atoms with Crippen LogP contribution in [0.3, 0.4) is 0 Å². The fourth-order valence-corrected chi connectivity index (χ4v) is 5.92. The molecule has 4 rings (SSSR count). The first-order chi connectivity index (χ1) is 25.9. The van der Waals surface area contributed by atoms with Crippen molar-refractivity contribution in [2.24, 2.45) is 0 Å². The summed E-state index contributed by atoms with van der Waals surface area (Å²) in [6, 6.07) is 5.75. The third-order valence-electron chi connectivity index (χ3n) is 7.85. The fourth-order valence-electron chi connectivity index (χ4n) is 5.92. The summed E-state index contributed by atoms with van der Waals surface area (Å²) in [5.74, 6) is -8.26. The predicted molar refractivity (Wildman–Crippen MR) is 171 cm³/mol. The van der Waals surface area contributed by atoms with Crippen LogP contribution in [-0.2, 0) is 85.8 Å². The van der Waals surface area contributed by atoms with Gasteiger partial charge in [0.05, 0.1) is 11.1 Å². The van der Waals surface area contributed by atoms with Crippen LogP contribution in [0, 0.1) is 0 Å². The first-order valence-electron chi connectivity index (χ1n) is 16.6. The molecule has 2 amide bonds. The topological polar surface area (TPSA) is 258 Å². The van der Waals surface area contributed by atoms with Gasteiger partial charge >= 0.3 is 41.8 Å². The molecule has 2 fully saturated rings. The second-order valence-corrected chi connectivity index (χ2v) is 12.2. The Balaban J connectivity index is 1.81. The SMILES string of the molecule is CC(=O)OC[C@H]1O[C@@H](O[C@H]2[C@H](OC(C)=O)[C@@H](OC(C)=O)[C@@H](ON3C(=O)c4ccccc4C3=O)O[C@@H]2COC(C)=O)[C@H](OC(C)=O)[C@@H](OC(C)=O)[C@H]1OC(C)=O. The molecule has 55 heavy (non-hydrogen) atoms. The Hall–Kier alpha value is -5.51. The van der Waals surface area contributed by atoms with E-state index < -0.39 is 128 Å². The summed E-state index contributed by atoms with van der Waals surface area (Å²) in [5.41, 5.74) is -0.0459. The molecule has 1 aromatic carbocycles. The van der Waals surface area contributed by atoms with Crippen molar-refractivity contribution in [1.82, 2.24) is 5.06 Å². The highest BCUT2D eigenvalue weighted by Gasteiger charge is 2.58. The maximum atomic E-state index is 13.2. The molecular weight excluding hydrogens is 742 g/mol. The number of ether oxygens (including phenoxy) is 10. The normalized spacial score (nSPS) is 28.6. The van der Waals surface area contributed by atoms with Gasteiger partial charge in [0.1, 0.15) is 31.5 Å². The Bertz CT molecular complexity index is 1660. The van der Waals surface area contributed by atoms with Gasteiger partial charge < -0.3 is 47.4 Å². The van der Waals surface area contributed by atoms with Crippen molar-refractivity contribution in [2.45, 2.75) is 110 Å². The second-order valence-electron chi connectivity index (χ2n) is 12.2. The molecule has 0 unspecified atom stereocenters. The van der Waals surface area contributed by atoms with Crippen molar-refractivity contribution >= 4 is 53.6 Å². The van der Waals surface area contributed by atoms with Gasteiger partial charge in [-0.3, -0.25) is 43.2 Å². The van der Waals surface area contributed by atoms with E-state index in [-0.39, 0.29) is 11.1 Å². The number of rotatable bonds is 13. The number of nitrogens with zero attached hydrogens (tertiary/aromatic N) is 1. The summed E-state index contributed by atoms with van der Waals surface area (Å²) in [7, 11) is 0. The van der Waals surface area contributed by atoms with E-state index in [9.17, 15) is 43.2 Å². The van der Waals surface area contributed by atoms with E-state index in [0.717, 1.165) is 48.5 Å². The molecule has 0 saturated carbocycles. The molecule has 0 bridgehead atoms. The highest BCUT2D eigenvalue weighted by Crippen LogP contribution is 2.36. The van der Waals surface area contributed by atoms with Crippen molar-refractivity contribution in [3.8, 4) is 0 Å². The fraction of sp³-hybridized carbons (Fsp3) is 0.559. The number of hydroxylamine groups is 2. The lowest BCUT2D eigenvalue weighted by Crippen LogP contribution is -2.67. The summed E-state index contributed by atoms with van der Waals surface area (Å²) in [6.45, 7) is 5.75. The van der Waals surface area contributed by atoms with Crippen LogP contribution in [0.4, 0.5) is 0 Å². The molecular formula is C34H39NO20. The predicted octanol–water partition coefficient (Wildman–Crippen LogP) is -0.166. The number of hydrogen-bond donors (Lipinski definition) is 0. The van der Waals surface area contributed by atoms with E-state index in [1.807, 2.05) is 0 Å². The zero-order valence-corrected chi connectivity index (χ0v) is 30.6. The number of benzene rings is 1. The van der Waals surface area contributed by atoms with Crippen molar-refractivity contribution in [1.29, 1.82) is 0 Å². The molecule has 0 spiro atoms. The Morgan fingerprint density at radius 2 is 0.873 bits per heavy atom. The van der Waals surface area contributed by atoms with Crippen LogP contribution < -0.4 is 0 Å². The summed E-state index contributed by atoms with van der Waals surface area (Å²) in [6.07, 6.45) is -17.4. The average molecular weight is 782 g/mol. The lowest BCUT2D eigenvalue weighted by atomic mass is 9.96. The summed E-state index contributed by atoms with van der Waals surface area (Å²) in [4.78, 5) is 118. The minimum absolute atomic E-state index is 0.0230. The number of hydrogen-bond acceptors (Lipinski definition) is 20. The van der Waals surface area contributed by atoms with Crippen molar-refractivity contribution in [2.75, 3.05) is 13.2 Å². The molecule has 300 valence electrons. The zero-order chi connectivity index (χ0) is 40.7. The molecule has 21 heteroatoms. The third-order valence-corrected chi connectivity index (χ3v) is 7.85. The van der Waals surface area contributed by atoms with Gasteiger partial charge in [0.15, 0.2) is 36.8 Å². The zero-order valence-electron chi connectivity index (χ0n) is 30.6. The molecule has 2 saturated heterocycles. The number of amides is 2. The molecule has 1 aromatic rings. The first kappa shape index (κ1) is 42.2. The molecule has 3 aliphatic heterocycles. The largest absolute Gasteiger partial charge is 0.463 e. The Kier molecular flexibility index (Phi) is 14.0. The highest BCUT2D eigenvalue weighted by molar-refractivity contribution is 6.20. The van der Waals surface area contributed by atoms with Crippen LogP contribution in [-0.4, -0.2) is 133 Å². The van der Waals surface area contributed by atoms with Gasteiger partial charge in [0.2, 0.25) is 6.29 Å². The van der Waals surface area contributed by atoms with Crippen LogP contribution in [0.5, 0.6) is 0 Å². The molecule has 0 aliphatic carbocycles. The van der Waals surface area contributed by atoms with E-state index in [1.54, 1.807) is 0 Å². The maximum absolute atomic E-state index is 13.2. The summed E-state index contributed by atoms with van der Waals surface area (Å²) in [5, 5.41) is 0.347. The minimum atomic E-state index is -1.94. The van der Waals surface area contributed by atoms with Gasteiger partial charge in [-0.2, -0.15) is 0 Å². The molecule has 21 nitrogen and oxygen atoms in total. The van der Waals surface area contributed by atoms with Gasteiger partial charge in [-0.1, -0.05) is 12.1 Å². The molecule has 0 radical (unpaired) electrons. The van der Waals surface area contributed by atoms with Gasteiger partial charge in [0.25, 0.3) is 11.8 Å². The van der Waals surface area contributed by atoms with E-state index in [4.69, 9.17) is 52.2 Å². The highest BCUT2D eigenvalue weighted by atomic mass is 16.8. The van der Waals surface area contributed by atoms with Gasteiger partial charge in [-0.05, 0) is 12.1 Å². The molecule has 3 heterocycles. The van der Waals surface area contributed by atoms with E-state index >= 15 is 0 Å². The summed E-state index contributed by atoms with van der Waals surface area (Å²) < 4.78 is 55.9. The molecule has 3 aliphatic rings. The van der Waals surface area contributed by atoms with E-state index in [0.29, 0.717) is 5.06 Å². The second kappa shape index (κ2) is 18.2. The number of imide groups is 1.